The highest BCUT2D eigenvalue weighted by molar-refractivity contribution is 7.99. The summed E-state index contributed by atoms with van der Waals surface area (Å²) in [5, 5.41) is 11.8. The Morgan fingerprint density at radius 2 is 2.40 bits per heavy atom. The van der Waals surface area contributed by atoms with Gasteiger partial charge in [-0.05, 0) is 38.9 Å². The molecule has 0 aromatic rings. The summed E-state index contributed by atoms with van der Waals surface area (Å²) in [6.07, 6.45) is 4.00. The Balaban J connectivity index is 1.97. The molecule has 116 valence electrons. The van der Waals surface area contributed by atoms with E-state index in [1.54, 1.807) is 0 Å². The molecule has 2 saturated heterocycles. The number of ether oxygens (including phenoxy) is 1. The van der Waals surface area contributed by atoms with Crippen molar-refractivity contribution in [2.24, 2.45) is 10.9 Å². The first-order valence-corrected chi connectivity index (χ1v) is 8.66. The van der Waals surface area contributed by atoms with Crippen LogP contribution in [-0.4, -0.2) is 58.3 Å². The molecule has 0 saturated carbocycles. The highest BCUT2D eigenvalue weighted by Gasteiger charge is 2.42. The quantitative estimate of drug-likeness (QED) is 0.351. The Hall–Kier alpha value is -0.460. The largest absolute Gasteiger partial charge is 0.409 e. The second-order valence-corrected chi connectivity index (χ2v) is 7.26. The van der Waals surface area contributed by atoms with E-state index in [0.29, 0.717) is 24.3 Å². The fourth-order valence-electron chi connectivity index (χ4n) is 3.30. The van der Waals surface area contributed by atoms with E-state index < -0.39 is 0 Å². The van der Waals surface area contributed by atoms with E-state index in [1.807, 2.05) is 11.8 Å². The summed E-state index contributed by atoms with van der Waals surface area (Å²) in [4.78, 5) is 2.49. The first kappa shape index (κ1) is 15.9. The van der Waals surface area contributed by atoms with Crippen molar-refractivity contribution < 1.29 is 9.94 Å². The van der Waals surface area contributed by atoms with Gasteiger partial charge in [0.15, 0.2) is 0 Å². The van der Waals surface area contributed by atoms with Crippen LogP contribution in [-0.2, 0) is 4.74 Å². The van der Waals surface area contributed by atoms with Crippen LogP contribution < -0.4 is 5.73 Å². The first-order chi connectivity index (χ1) is 9.56. The summed E-state index contributed by atoms with van der Waals surface area (Å²) in [6.45, 7) is 6.15. The van der Waals surface area contributed by atoms with Gasteiger partial charge in [-0.15, -0.1) is 0 Å². The van der Waals surface area contributed by atoms with E-state index in [1.165, 1.54) is 12.2 Å². The van der Waals surface area contributed by atoms with E-state index in [4.69, 9.17) is 15.7 Å². The molecule has 0 radical (unpaired) electrons. The van der Waals surface area contributed by atoms with E-state index in [-0.39, 0.29) is 5.60 Å². The average molecular weight is 301 g/mol. The highest BCUT2D eigenvalue weighted by Crippen LogP contribution is 2.39. The number of amidine groups is 1. The SMILES string of the molecule is CC(C)N(CCC(N)=NO)C1CCOC2(CCSC2)C1. The Labute approximate surface area is 125 Å². The molecule has 5 nitrogen and oxygen atoms in total. The lowest BCUT2D eigenvalue weighted by Gasteiger charge is -2.44. The fraction of sp³-hybridized carbons (Fsp3) is 0.929. The molecule has 1 spiro atoms. The molecule has 0 aromatic heterocycles. The minimum absolute atomic E-state index is 0.108. The summed E-state index contributed by atoms with van der Waals surface area (Å²) in [7, 11) is 0. The van der Waals surface area contributed by atoms with Crippen LogP contribution in [0.4, 0.5) is 0 Å². The maximum atomic E-state index is 8.69. The Kier molecular flexibility index (Phi) is 5.57. The molecule has 2 fully saturated rings. The first-order valence-electron chi connectivity index (χ1n) is 7.50. The third kappa shape index (κ3) is 3.80. The second-order valence-electron chi connectivity index (χ2n) is 6.15. The zero-order chi connectivity index (χ0) is 14.6. The monoisotopic (exact) mass is 301 g/mol. The normalized spacial score (nSPS) is 31.6. The molecular formula is C14H27N3O2S. The second kappa shape index (κ2) is 7.00. The highest BCUT2D eigenvalue weighted by atomic mass is 32.2. The van der Waals surface area contributed by atoms with Crippen molar-refractivity contribution >= 4 is 17.6 Å². The lowest BCUT2D eigenvalue weighted by Crippen LogP contribution is -2.51. The van der Waals surface area contributed by atoms with Gasteiger partial charge in [0, 0.05) is 37.4 Å². The van der Waals surface area contributed by atoms with Gasteiger partial charge in [0.05, 0.1) is 5.60 Å². The van der Waals surface area contributed by atoms with Gasteiger partial charge in [-0.25, -0.2) is 0 Å². The van der Waals surface area contributed by atoms with E-state index in [0.717, 1.165) is 31.7 Å². The summed E-state index contributed by atoms with van der Waals surface area (Å²) in [5.74, 6) is 2.67. The molecule has 2 atom stereocenters. The van der Waals surface area contributed by atoms with Gasteiger partial charge in [-0.3, -0.25) is 4.90 Å². The Bertz CT molecular complexity index is 343. The number of hydrogen-bond donors (Lipinski definition) is 2. The average Bonchev–Trinajstić information content (AvgIpc) is 2.86. The fourth-order valence-corrected chi connectivity index (χ4v) is 4.68. The maximum absolute atomic E-state index is 8.69. The van der Waals surface area contributed by atoms with E-state index >= 15 is 0 Å². The van der Waals surface area contributed by atoms with Crippen molar-refractivity contribution in [3.05, 3.63) is 0 Å². The van der Waals surface area contributed by atoms with Crippen molar-refractivity contribution in [3.8, 4) is 0 Å². The number of nitrogens with zero attached hydrogens (tertiary/aromatic N) is 2. The van der Waals surface area contributed by atoms with Crippen LogP contribution >= 0.6 is 11.8 Å². The molecule has 2 aliphatic rings. The van der Waals surface area contributed by atoms with Gasteiger partial charge in [0.1, 0.15) is 5.84 Å². The van der Waals surface area contributed by atoms with Crippen molar-refractivity contribution in [1.82, 2.24) is 4.90 Å². The summed E-state index contributed by atoms with van der Waals surface area (Å²) in [5.41, 5.74) is 5.72. The van der Waals surface area contributed by atoms with Gasteiger partial charge < -0.3 is 15.7 Å². The number of nitrogens with two attached hydrogens (primary N) is 1. The Morgan fingerprint density at radius 3 is 3.00 bits per heavy atom. The van der Waals surface area contributed by atoms with Crippen molar-refractivity contribution in [1.29, 1.82) is 0 Å². The van der Waals surface area contributed by atoms with Crippen LogP contribution in [0.3, 0.4) is 0 Å². The molecule has 0 aromatic carbocycles. The van der Waals surface area contributed by atoms with Crippen LogP contribution in [0, 0.1) is 0 Å². The minimum atomic E-state index is 0.108. The van der Waals surface area contributed by atoms with Gasteiger partial charge in [0.2, 0.25) is 0 Å². The topological polar surface area (TPSA) is 71.1 Å². The molecule has 6 heteroatoms. The van der Waals surface area contributed by atoms with Gasteiger partial charge in [0.25, 0.3) is 0 Å². The number of thioether (sulfide) groups is 1. The summed E-state index contributed by atoms with van der Waals surface area (Å²) in [6, 6.07) is 1.02. The molecule has 2 unspecified atom stereocenters. The molecule has 0 aliphatic carbocycles. The zero-order valence-electron chi connectivity index (χ0n) is 12.5. The van der Waals surface area contributed by atoms with Crippen LogP contribution in [0.15, 0.2) is 5.16 Å². The van der Waals surface area contributed by atoms with E-state index in [2.05, 4.69) is 23.9 Å². The number of oxime groups is 1. The molecule has 2 heterocycles. The minimum Gasteiger partial charge on any atom is -0.409 e. The smallest absolute Gasteiger partial charge is 0.140 e. The molecular weight excluding hydrogens is 274 g/mol. The van der Waals surface area contributed by atoms with Crippen LogP contribution in [0.1, 0.15) is 39.5 Å². The van der Waals surface area contributed by atoms with Crippen LogP contribution in [0.25, 0.3) is 0 Å². The van der Waals surface area contributed by atoms with Crippen molar-refractivity contribution in [3.63, 3.8) is 0 Å². The molecule has 3 N–H and O–H groups in total. The molecule has 2 aliphatic heterocycles. The summed E-state index contributed by atoms with van der Waals surface area (Å²) >= 11 is 2.01. The van der Waals surface area contributed by atoms with Crippen molar-refractivity contribution in [2.45, 2.75) is 57.2 Å². The predicted octanol–water partition coefficient (Wildman–Crippen LogP) is 1.89. The van der Waals surface area contributed by atoms with Gasteiger partial charge in [-0.2, -0.15) is 11.8 Å². The van der Waals surface area contributed by atoms with E-state index in [9.17, 15) is 0 Å². The lowest BCUT2D eigenvalue weighted by molar-refractivity contribution is -0.0931. The molecule has 0 amide bonds. The molecule has 20 heavy (non-hydrogen) atoms. The van der Waals surface area contributed by atoms with Crippen LogP contribution in [0.2, 0.25) is 0 Å². The molecule has 2 rings (SSSR count). The zero-order valence-corrected chi connectivity index (χ0v) is 13.4. The molecule has 0 bridgehead atoms. The number of hydrogen-bond acceptors (Lipinski definition) is 5. The maximum Gasteiger partial charge on any atom is 0.140 e. The van der Waals surface area contributed by atoms with Gasteiger partial charge >= 0.3 is 0 Å². The Morgan fingerprint density at radius 1 is 1.60 bits per heavy atom. The third-order valence-electron chi connectivity index (χ3n) is 4.42. The summed E-state index contributed by atoms with van der Waals surface area (Å²) < 4.78 is 6.10. The van der Waals surface area contributed by atoms with Crippen molar-refractivity contribution in [2.75, 3.05) is 24.7 Å². The standard InChI is InChI=1S/C14H27N3O2S/c1-11(2)17(6-3-13(15)16-18)12-4-7-19-14(9-12)5-8-20-10-14/h11-12,18H,3-10H2,1-2H3,(H2,15,16). The van der Waals surface area contributed by atoms with Crippen LogP contribution in [0.5, 0.6) is 0 Å². The lowest BCUT2D eigenvalue weighted by atomic mass is 9.88. The third-order valence-corrected chi connectivity index (χ3v) is 5.64. The predicted molar refractivity (Wildman–Crippen MR) is 83.5 cm³/mol. The number of rotatable bonds is 5. The van der Waals surface area contributed by atoms with Gasteiger partial charge in [-0.1, -0.05) is 5.16 Å².